The van der Waals surface area contributed by atoms with Crippen molar-refractivity contribution in [3.05, 3.63) is 65.7 Å². The number of carbonyl (C=O) groups excluding carboxylic acids is 2. The van der Waals surface area contributed by atoms with Gasteiger partial charge >= 0.3 is 6.36 Å². The molecule has 5 nitrogen and oxygen atoms in total. The fourth-order valence-corrected chi connectivity index (χ4v) is 4.89. The van der Waals surface area contributed by atoms with Crippen LogP contribution in [-0.4, -0.2) is 35.2 Å². The molecule has 32 heavy (non-hydrogen) atoms. The highest BCUT2D eigenvalue weighted by atomic mass is 19.4. The second-order valence-electron chi connectivity index (χ2n) is 8.32. The molecule has 1 saturated heterocycles. The van der Waals surface area contributed by atoms with Gasteiger partial charge in [0.1, 0.15) is 11.8 Å². The van der Waals surface area contributed by atoms with Crippen molar-refractivity contribution < 1.29 is 27.5 Å². The second kappa shape index (κ2) is 9.22. The van der Waals surface area contributed by atoms with E-state index in [0.717, 1.165) is 25.7 Å². The molecule has 2 aromatic rings. The van der Waals surface area contributed by atoms with Gasteiger partial charge in [-0.1, -0.05) is 49.2 Å². The Bertz CT molecular complexity index is 964. The molecule has 3 unspecified atom stereocenters. The van der Waals surface area contributed by atoms with E-state index >= 15 is 0 Å². The molecule has 8 heteroatoms. The molecule has 1 heterocycles. The van der Waals surface area contributed by atoms with Gasteiger partial charge in [0.2, 0.25) is 5.91 Å². The lowest BCUT2D eigenvalue weighted by Gasteiger charge is -2.33. The summed E-state index contributed by atoms with van der Waals surface area (Å²) < 4.78 is 42.1. The second-order valence-corrected chi connectivity index (χ2v) is 8.32. The highest BCUT2D eigenvalue weighted by molar-refractivity contribution is 5.98. The number of nitrogens with zero attached hydrogens (tertiary/aromatic N) is 1. The predicted molar refractivity (Wildman–Crippen MR) is 112 cm³/mol. The van der Waals surface area contributed by atoms with Crippen LogP contribution in [0.1, 0.15) is 48.0 Å². The fourth-order valence-electron chi connectivity index (χ4n) is 4.89. The molecule has 0 radical (unpaired) electrons. The number of hydrogen-bond acceptors (Lipinski definition) is 3. The molecule has 2 amide bonds. The summed E-state index contributed by atoms with van der Waals surface area (Å²) >= 11 is 0. The molecular weight excluding hydrogens is 421 g/mol. The molecule has 170 valence electrons. The van der Waals surface area contributed by atoms with Gasteiger partial charge < -0.3 is 15.0 Å². The van der Waals surface area contributed by atoms with Gasteiger partial charge in [0.15, 0.2) is 0 Å². The summed E-state index contributed by atoms with van der Waals surface area (Å²) in [7, 11) is 0. The molecule has 0 bridgehead atoms. The highest BCUT2D eigenvalue weighted by Crippen LogP contribution is 2.40. The smallest absolute Gasteiger partial charge is 0.405 e. The number of para-hydroxylation sites is 1. The lowest BCUT2D eigenvalue weighted by atomic mass is 9.84. The average molecular weight is 446 g/mol. The highest BCUT2D eigenvalue weighted by Gasteiger charge is 2.47. The maximum Gasteiger partial charge on any atom is 0.573 e. The Morgan fingerprint density at radius 2 is 1.69 bits per heavy atom. The standard InChI is InChI=1S/C24H25F3N2O3/c25-24(26,27)32-21-13-7-5-11-18(21)15-28-22(30)20-14-17-10-4-6-12-19(17)29(20)23(31)16-8-2-1-3-9-16/h1-3,5,7-9,11,13,17,19-20H,4,6,10,12,14-15H2,(H,28,30). The van der Waals surface area contributed by atoms with Gasteiger partial charge in [0.25, 0.3) is 5.91 Å². The van der Waals surface area contributed by atoms with E-state index in [1.54, 1.807) is 35.2 Å². The van der Waals surface area contributed by atoms with Crippen LogP contribution in [0.15, 0.2) is 54.6 Å². The molecular formula is C24H25F3N2O3. The molecule has 1 aliphatic carbocycles. The van der Waals surface area contributed by atoms with Gasteiger partial charge in [-0.05, 0) is 43.4 Å². The van der Waals surface area contributed by atoms with Crippen molar-refractivity contribution in [1.82, 2.24) is 10.2 Å². The van der Waals surface area contributed by atoms with Crippen LogP contribution in [0.25, 0.3) is 0 Å². The van der Waals surface area contributed by atoms with Crippen molar-refractivity contribution in [2.24, 2.45) is 5.92 Å². The van der Waals surface area contributed by atoms with Gasteiger partial charge in [-0.3, -0.25) is 9.59 Å². The molecule has 2 aromatic carbocycles. The summed E-state index contributed by atoms with van der Waals surface area (Å²) in [4.78, 5) is 28.1. The topological polar surface area (TPSA) is 58.6 Å². The zero-order valence-electron chi connectivity index (χ0n) is 17.5. The maximum atomic E-state index is 13.3. The number of amides is 2. The molecule has 1 N–H and O–H groups in total. The third-order valence-corrected chi connectivity index (χ3v) is 6.30. The van der Waals surface area contributed by atoms with Crippen LogP contribution >= 0.6 is 0 Å². The largest absolute Gasteiger partial charge is 0.573 e. The van der Waals surface area contributed by atoms with Crippen molar-refractivity contribution in [2.45, 2.75) is 57.1 Å². The minimum atomic E-state index is -4.82. The minimum absolute atomic E-state index is 0.00746. The average Bonchev–Trinajstić information content (AvgIpc) is 3.17. The predicted octanol–water partition coefficient (Wildman–Crippen LogP) is 4.67. The first-order valence-electron chi connectivity index (χ1n) is 10.8. The van der Waals surface area contributed by atoms with Crippen LogP contribution in [0.3, 0.4) is 0 Å². The summed E-state index contributed by atoms with van der Waals surface area (Å²) in [5.41, 5.74) is 0.745. The normalized spacial score (nSPS) is 22.8. The summed E-state index contributed by atoms with van der Waals surface area (Å²) in [5, 5.41) is 2.73. The Morgan fingerprint density at radius 1 is 1.00 bits per heavy atom. The van der Waals surface area contributed by atoms with E-state index in [4.69, 9.17) is 0 Å². The number of ether oxygens (including phenoxy) is 1. The number of rotatable bonds is 5. The Kier molecular flexibility index (Phi) is 6.39. The number of halogens is 3. The van der Waals surface area contributed by atoms with Crippen LogP contribution in [-0.2, 0) is 11.3 Å². The van der Waals surface area contributed by atoms with Crippen LogP contribution in [0, 0.1) is 5.92 Å². The van der Waals surface area contributed by atoms with Gasteiger partial charge in [0, 0.05) is 23.7 Å². The molecule has 3 atom stereocenters. The van der Waals surface area contributed by atoms with Gasteiger partial charge in [-0.15, -0.1) is 13.2 Å². The number of alkyl halides is 3. The van der Waals surface area contributed by atoms with Crippen molar-refractivity contribution in [2.75, 3.05) is 0 Å². The third-order valence-electron chi connectivity index (χ3n) is 6.30. The van der Waals surface area contributed by atoms with Crippen LogP contribution in [0.5, 0.6) is 5.75 Å². The molecule has 1 aliphatic heterocycles. The van der Waals surface area contributed by atoms with Crippen LogP contribution in [0.4, 0.5) is 13.2 Å². The number of carbonyl (C=O) groups is 2. The van der Waals surface area contributed by atoms with Gasteiger partial charge in [-0.25, -0.2) is 0 Å². The summed E-state index contributed by atoms with van der Waals surface area (Å²) in [6, 6.07) is 13.9. The summed E-state index contributed by atoms with van der Waals surface area (Å²) in [6.07, 6.45) is -0.345. The van der Waals surface area contributed by atoms with Crippen molar-refractivity contribution in [1.29, 1.82) is 0 Å². The number of likely N-dealkylation sites (tertiary alicyclic amines) is 1. The third kappa shape index (κ3) is 4.89. The molecule has 2 fully saturated rings. The molecule has 4 rings (SSSR count). The monoisotopic (exact) mass is 446 g/mol. The first-order chi connectivity index (χ1) is 15.3. The zero-order valence-corrected chi connectivity index (χ0v) is 17.5. The van der Waals surface area contributed by atoms with Crippen molar-refractivity contribution >= 4 is 11.8 Å². The van der Waals surface area contributed by atoms with E-state index in [1.807, 2.05) is 6.07 Å². The van der Waals surface area contributed by atoms with E-state index < -0.39 is 12.4 Å². The molecule has 2 aliphatic rings. The SMILES string of the molecule is O=C(NCc1ccccc1OC(F)(F)F)C1CC2CCCCC2N1C(=O)c1ccccc1. The van der Waals surface area contributed by atoms with Crippen molar-refractivity contribution in [3.8, 4) is 5.75 Å². The Balaban J connectivity index is 1.51. The zero-order chi connectivity index (χ0) is 22.7. The van der Waals surface area contributed by atoms with Crippen LogP contribution in [0.2, 0.25) is 0 Å². The number of benzene rings is 2. The molecule has 1 saturated carbocycles. The fraction of sp³-hybridized carbons (Fsp3) is 0.417. The Hall–Kier alpha value is -3.03. The molecule has 0 spiro atoms. The number of fused-ring (bicyclic) bond motifs is 1. The lowest BCUT2D eigenvalue weighted by molar-refractivity contribution is -0.274. The number of hydrogen-bond donors (Lipinski definition) is 1. The first kappa shape index (κ1) is 22.2. The van der Waals surface area contributed by atoms with E-state index in [-0.39, 0.29) is 41.6 Å². The maximum absolute atomic E-state index is 13.3. The Morgan fingerprint density at radius 3 is 2.44 bits per heavy atom. The lowest BCUT2D eigenvalue weighted by Crippen LogP contribution is -2.49. The Labute approximate surface area is 184 Å². The van der Waals surface area contributed by atoms with E-state index in [1.165, 1.54) is 18.2 Å². The van der Waals surface area contributed by atoms with E-state index in [9.17, 15) is 22.8 Å². The molecule has 0 aromatic heterocycles. The van der Waals surface area contributed by atoms with Gasteiger partial charge in [-0.2, -0.15) is 0 Å². The summed E-state index contributed by atoms with van der Waals surface area (Å²) in [5.74, 6) is -0.628. The van der Waals surface area contributed by atoms with Gasteiger partial charge in [0.05, 0.1) is 0 Å². The quantitative estimate of drug-likeness (QED) is 0.726. The minimum Gasteiger partial charge on any atom is -0.405 e. The first-order valence-corrected chi connectivity index (χ1v) is 10.8. The van der Waals surface area contributed by atoms with Crippen LogP contribution < -0.4 is 10.1 Å². The van der Waals surface area contributed by atoms with E-state index in [2.05, 4.69) is 10.1 Å². The van der Waals surface area contributed by atoms with Crippen molar-refractivity contribution in [3.63, 3.8) is 0 Å². The summed E-state index contributed by atoms with van der Waals surface area (Å²) in [6.45, 7) is -0.121. The van der Waals surface area contributed by atoms with E-state index in [0.29, 0.717) is 12.0 Å². The number of nitrogens with one attached hydrogen (secondary N) is 1.